The van der Waals surface area contributed by atoms with E-state index < -0.39 is 11.9 Å². The summed E-state index contributed by atoms with van der Waals surface area (Å²) in [6, 6.07) is 4.45. The molecule has 0 aliphatic carbocycles. The first-order valence-electron chi connectivity index (χ1n) is 6.66. The number of carbonyl (C=O) groups excluding carboxylic acids is 2. The molecule has 6 nitrogen and oxygen atoms in total. The van der Waals surface area contributed by atoms with E-state index in [-0.39, 0.29) is 12.5 Å². The van der Waals surface area contributed by atoms with Gasteiger partial charge >= 0.3 is 0 Å². The number of hydrogen-bond acceptors (Lipinski definition) is 4. The zero-order valence-electron chi connectivity index (χ0n) is 12.9. The van der Waals surface area contributed by atoms with Gasteiger partial charge in [0.15, 0.2) is 0 Å². The van der Waals surface area contributed by atoms with Gasteiger partial charge in [0, 0.05) is 19.2 Å². The highest BCUT2D eigenvalue weighted by Gasteiger charge is 2.25. The number of amides is 2. The highest BCUT2D eigenvalue weighted by Crippen LogP contribution is 2.20. The Kier molecular flexibility index (Phi) is 6.17. The second kappa shape index (κ2) is 7.64. The molecule has 0 aliphatic heterocycles. The van der Waals surface area contributed by atoms with E-state index in [0.29, 0.717) is 17.9 Å². The number of nitrogens with zero attached hydrogens (tertiary/aromatic N) is 1. The van der Waals surface area contributed by atoms with Crippen molar-refractivity contribution in [2.45, 2.75) is 19.9 Å². The van der Waals surface area contributed by atoms with Crippen molar-refractivity contribution in [3.05, 3.63) is 29.3 Å². The third kappa shape index (κ3) is 4.19. The first-order valence-corrected chi connectivity index (χ1v) is 6.66. The van der Waals surface area contributed by atoms with Gasteiger partial charge in [0.2, 0.25) is 5.91 Å². The van der Waals surface area contributed by atoms with Crippen LogP contribution in [0.25, 0.3) is 0 Å². The molecule has 0 spiro atoms. The first-order chi connectivity index (χ1) is 9.92. The van der Waals surface area contributed by atoms with Crippen LogP contribution in [0.5, 0.6) is 5.75 Å². The Labute approximate surface area is 124 Å². The number of aryl methyl sites for hydroxylation is 1. The quantitative estimate of drug-likeness (QED) is 0.812. The third-order valence-corrected chi connectivity index (χ3v) is 3.33. The van der Waals surface area contributed by atoms with Crippen molar-refractivity contribution in [1.82, 2.24) is 4.90 Å². The predicted molar refractivity (Wildman–Crippen MR) is 79.3 cm³/mol. The topological polar surface area (TPSA) is 81.9 Å². The Morgan fingerprint density at radius 3 is 2.52 bits per heavy atom. The van der Waals surface area contributed by atoms with Crippen LogP contribution in [0.15, 0.2) is 18.2 Å². The molecule has 2 amide bonds. The van der Waals surface area contributed by atoms with Crippen molar-refractivity contribution in [2.24, 2.45) is 5.73 Å². The van der Waals surface area contributed by atoms with Gasteiger partial charge in [-0.05, 0) is 31.5 Å². The lowest BCUT2D eigenvalue weighted by Crippen LogP contribution is -2.47. The molecule has 1 rings (SSSR count). The van der Waals surface area contributed by atoms with Crippen molar-refractivity contribution < 1.29 is 19.1 Å². The summed E-state index contributed by atoms with van der Waals surface area (Å²) in [5.41, 5.74) is 6.68. The van der Waals surface area contributed by atoms with Gasteiger partial charge in [-0.2, -0.15) is 0 Å². The Morgan fingerprint density at radius 2 is 2.00 bits per heavy atom. The summed E-state index contributed by atoms with van der Waals surface area (Å²) in [5.74, 6) is -0.213. The van der Waals surface area contributed by atoms with E-state index in [0.717, 1.165) is 5.56 Å². The molecule has 0 radical (unpaired) electrons. The molecule has 1 aromatic rings. The zero-order chi connectivity index (χ0) is 16.0. The minimum absolute atomic E-state index is 0.281. The number of hydrogen-bond donors (Lipinski definition) is 1. The highest BCUT2D eigenvalue weighted by atomic mass is 16.5. The van der Waals surface area contributed by atoms with Crippen molar-refractivity contribution in [3.8, 4) is 5.75 Å². The lowest BCUT2D eigenvalue weighted by molar-refractivity contribution is -0.122. The van der Waals surface area contributed by atoms with Crippen molar-refractivity contribution >= 4 is 11.8 Å². The Balaban J connectivity index is 3.06. The van der Waals surface area contributed by atoms with Crippen LogP contribution in [0, 0.1) is 6.92 Å². The van der Waals surface area contributed by atoms with Gasteiger partial charge in [0.1, 0.15) is 11.8 Å². The molecular formula is C15H22N2O4. The van der Waals surface area contributed by atoms with Crippen LogP contribution < -0.4 is 10.5 Å². The summed E-state index contributed by atoms with van der Waals surface area (Å²) in [7, 11) is 3.08. The van der Waals surface area contributed by atoms with Gasteiger partial charge in [0.05, 0.1) is 13.7 Å². The van der Waals surface area contributed by atoms with Crippen LogP contribution >= 0.6 is 0 Å². The summed E-state index contributed by atoms with van der Waals surface area (Å²) in [4.78, 5) is 25.4. The fourth-order valence-corrected chi connectivity index (χ4v) is 1.93. The summed E-state index contributed by atoms with van der Waals surface area (Å²) in [6.07, 6.45) is 0. The average Bonchev–Trinajstić information content (AvgIpc) is 2.47. The molecule has 0 aliphatic rings. The number of methoxy groups -OCH3 is 2. The maximum Gasteiger partial charge on any atom is 0.254 e. The second-order valence-electron chi connectivity index (χ2n) is 4.75. The van der Waals surface area contributed by atoms with E-state index in [2.05, 4.69) is 0 Å². The van der Waals surface area contributed by atoms with Gasteiger partial charge in [-0.15, -0.1) is 0 Å². The Morgan fingerprint density at radius 1 is 1.33 bits per heavy atom. The number of ether oxygens (including phenoxy) is 2. The van der Waals surface area contributed by atoms with Gasteiger partial charge in [-0.1, -0.05) is 6.07 Å². The van der Waals surface area contributed by atoms with Crippen molar-refractivity contribution in [3.63, 3.8) is 0 Å². The molecule has 0 unspecified atom stereocenters. The molecule has 0 saturated carbocycles. The van der Waals surface area contributed by atoms with E-state index in [1.807, 2.05) is 6.92 Å². The Bertz CT molecular complexity index is 516. The third-order valence-electron chi connectivity index (χ3n) is 3.33. The highest BCUT2D eigenvalue weighted by molar-refractivity contribution is 5.97. The first kappa shape index (κ1) is 17.0. The van der Waals surface area contributed by atoms with Gasteiger partial charge in [-0.25, -0.2) is 0 Å². The minimum Gasteiger partial charge on any atom is -0.496 e. The monoisotopic (exact) mass is 294 g/mol. The maximum absolute atomic E-state index is 12.6. The predicted octanol–water partition coefficient (Wildman–Crippen LogP) is 0.966. The van der Waals surface area contributed by atoms with Gasteiger partial charge in [0.25, 0.3) is 5.91 Å². The summed E-state index contributed by atoms with van der Waals surface area (Å²) < 4.78 is 10.2. The molecule has 0 heterocycles. The molecule has 0 saturated heterocycles. The van der Waals surface area contributed by atoms with E-state index in [9.17, 15) is 9.59 Å². The van der Waals surface area contributed by atoms with Crippen LogP contribution in [0.3, 0.4) is 0 Å². The Hall–Kier alpha value is -2.08. The molecule has 0 aromatic heterocycles. The number of primary amides is 1. The van der Waals surface area contributed by atoms with E-state index >= 15 is 0 Å². The van der Waals surface area contributed by atoms with Crippen LogP contribution in [0.1, 0.15) is 22.8 Å². The largest absolute Gasteiger partial charge is 0.496 e. The van der Waals surface area contributed by atoms with Gasteiger partial charge < -0.3 is 20.1 Å². The average molecular weight is 294 g/mol. The molecule has 2 N–H and O–H groups in total. The van der Waals surface area contributed by atoms with Crippen LogP contribution in [0.2, 0.25) is 0 Å². The molecule has 116 valence electrons. The fraction of sp³-hybridized carbons (Fsp3) is 0.467. The molecule has 0 bridgehead atoms. The maximum atomic E-state index is 12.6. The summed E-state index contributed by atoms with van der Waals surface area (Å²) in [6.45, 7) is 4.10. The zero-order valence-corrected chi connectivity index (χ0v) is 12.9. The number of benzene rings is 1. The molecule has 1 aromatic carbocycles. The van der Waals surface area contributed by atoms with E-state index in [1.54, 1.807) is 32.2 Å². The minimum atomic E-state index is -0.708. The lowest BCUT2D eigenvalue weighted by Gasteiger charge is -2.27. The standard InChI is InChI=1S/C15H22N2O4/c1-10-5-6-12(9-13(10)21-4)15(19)17(7-8-20-3)11(2)14(16)18/h5-6,9,11H,7-8H2,1-4H3,(H2,16,18)/t11-/m0/s1. The molecular weight excluding hydrogens is 272 g/mol. The van der Waals surface area contributed by atoms with Crippen LogP contribution in [-0.4, -0.2) is 50.1 Å². The van der Waals surface area contributed by atoms with Crippen LogP contribution in [0.4, 0.5) is 0 Å². The van der Waals surface area contributed by atoms with E-state index in [1.165, 1.54) is 12.0 Å². The second-order valence-corrected chi connectivity index (χ2v) is 4.75. The summed E-state index contributed by atoms with van der Waals surface area (Å²) in [5, 5.41) is 0. The van der Waals surface area contributed by atoms with E-state index in [4.69, 9.17) is 15.2 Å². The fourth-order valence-electron chi connectivity index (χ4n) is 1.93. The molecule has 6 heteroatoms. The normalized spacial score (nSPS) is 11.8. The number of rotatable bonds is 7. The summed E-state index contributed by atoms with van der Waals surface area (Å²) >= 11 is 0. The van der Waals surface area contributed by atoms with Crippen molar-refractivity contribution in [1.29, 1.82) is 0 Å². The molecule has 0 fully saturated rings. The lowest BCUT2D eigenvalue weighted by atomic mass is 10.1. The SMILES string of the molecule is COCCN(C(=O)c1ccc(C)c(OC)c1)[C@@H](C)C(N)=O. The number of carbonyl (C=O) groups is 2. The molecule has 21 heavy (non-hydrogen) atoms. The smallest absolute Gasteiger partial charge is 0.254 e. The van der Waals surface area contributed by atoms with Gasteiger partial charge in [-0.3, -0.25) is 9.59 Å². The van der Waals surface area contributed by atoms with Crippen LogP contribution in [-0.2, 0) is 9.53 Å². The molecule has 1 atom stereocenters. The number of nitrogens with two attached hydrogens (primary N) is 1. The van der Waals surface area contributed by atoms with Crippen molar-refractivity contribution in [2.75, 3.05) is 27.4 Å².